The summed E-state index contributed by atoms with van der Waals surface area (Å²) in [4.78, 5) is 53.5. The molecule has 0 bridgehead atoms. The number of aliphatic hydroxyl groups excluding tert-OH is 1. The van der Waals surface area contributed by atoms with Crippen molar-refractivity contribution in [2.24, 2.45) is 11.8 Å². The van der Waals surface area contributed by atoms with Gasteiger partial charge in [-0.1, -0.05) is 156 Å². The van der Waals surface area contributed by atoms with Gasteiger partial charge in [-0.05, 0) is 71.3 Å². The fourth-order valence-electron chi connectivity index (χ4n) is 7.87. The molecule has 0 aliphatic carbocycles. The molecule has 3 N–H and O–H groups in total. The summed E-state index contributed by atoms with van der Waals surface area (Å²) < 4.78 is 11.5. The Kier molecular flexibility index (Phi) is 41.9. The third-order valence-electron chi connectivity index (χ3n) is 11.8. The summed E-state index contributed by atoms with van der Waals surface area (Å²) in [5, 5.41) is 15.5. The molecule has 0 heterocycles. The van der Waals surface area contributed by atoms with Crippen LogP contribution in [0.2, 0.25) is 0 Å². The Morgan fingerprint density at radius 1 is 0.500 bits per heavy atom. The lowest BCUT2D eigenvalue weighted by atomic mass is 9.94. The molecule has 354 valence electrons. The highest BCUT2D eigenvalue weighted by Gasteiger charge is 2.21. The summed E-state index contributed by atoms with van der Waals surface area (Å²) in [6.07, 6.45) is 32.9. The number of likely N-dealkylation sites (N-methyl/N-ethyl adjacent to an activating group) is 1. The maximum Gasteiger partial charge on any atom is 0.308 e. The van der Waals surface area contributed by atoms with Crippen LogP contribution >= 0.6 is 0 Å². The molecule has 2 amide bonds. The van der Waals surface area contributed by atoms with Gasteiger partial charge in [0.2, 0.25) is 11.8 Å². The fraction of sp³-hybridized carbons (Fsp3) is 0.920. The van der Waals surface area contributed by atoms with Crippen molar-refractivity contribution in [1.82, 2.24) is 15.5 Å². The predicted molar refractivity (Wildman–Crippen MR) is 249 cm³/mol. The normalized spacial score (nSPS) is 12.9. The van der Waals surface area contributed by atoms with Crippen LogP contribution in [-0.2, 0) is 28.7 Å². The van der Waals surface area contributed by atoms with E-state index in [1.807, 2.05) is 11.9 Å². The molecule has 60 heavy (non-hydrogen) atoms. The van der Waals surface area contributed by atoms with Gasteiger partial charge in [0, 0.05) is 32.5 Å². The Morgan fingerprint density at radius 3 is 1.28 bits per heavy atom. The van der Waals surface area contributed by atoms with Crippen molar-refractivity contribution in [2.45, 2.75) is 239 Å². The lowest BCUT2D eigenvalue weighted by molar-refractivity contribution is -0.150. The summed E-state index contributed by atoms with van der Waals surface area (Å²) in [5.41, 5.74) is 0. The topological polar surface area (TPSA) is 134 Å². The average Bonchev–Trinajstić information content (AvgIpc) is 3.23. The number of rotatable bonds is 45. The summed E-state index contributed by atoms with van der Waals surface area (Å²) in [7, 11) is 1.89. The largest absolute Gasteiger partial charge is 0.465 e. The minimum atomic E-state index is -0.287. The number of nitrogens with one attached hydrogen (secondary N) is 2. The Labute approximate surface area is 369 Å². The van der Waals surface area contributed by atoms with E-state index in [4.69, 9.17) is 9.47 Å². The zero-order chi connectivity index (χ0) is 44.3. The average molecular weight is 852 g/mol. The smallest absolute Gasteiger partial charge is 0.308 e. The van der Waals surface area contributed by atoms with Gasteiger partial charge >= 0.3 is 11.9 Å². The van der Waals surface area contributed by atoms with Crippen LogP contribution < -0.4 is 10.6 Å². The quantitative estimate of drug-likeness (QED) is 0.0407. The molecule has 0 spiro atoms. The first kappa shape index (κ1) is 57.8. The van der Waals surface area contributed by atoms with E-state index in [1.165, 1.54) is 103 Å². The second-order valence-corrected chi connectivity index (χ2v) is 17.7. The second-order valence-electron chi connectivity index (χ2n) is 17.7. The molecule has 0 radical (unpaired) electrons. The molecule has 0 aliphatic heterocycles. The molecular weight excluding hydrogens is 755 g/mol. The van der Waals surface area contributed by atoms with Crippen molar-refractivity contribution in [2.75, 3.05) is 46.5 Å². The number of esters is 2. The standard InChI is InChI=1S/C50H97N3O7/c1-6-10-14-18-20-26-34-44(32-24-16-12-8-3)49(57)59-40-30-22-28-36-47(55)51-42-46(43-53(5)38-39-54)52-48(56)37-29-23-31-41-60-50(58)45(33-25-17-13-9-4)35-27-21-19-15-11-7-2/h44-46,54H,6-43H2,1-5H3,(H,51,55)(H,52,56)/t44?,45-,46?/m0/s1. The second kappa shape index (κ2) is 43.4. The summed E-state index contributed by atoms with van der Waals surface area (Å²) in [5.74, 6) is -0.230. The lowest BCUT2D eigenvalue weighted by Gasteiger charge is -2.25. The third-order valence-corrected chi connectivity index (χ3v) is 11.8. The molecule has 0 saturated heterocycles. The van der Waals surface area contributed by atoms with E-state index in [0.717, 1.165) is 77.0 Å². The Hall–Kier alpha value is -2.20. The first-order valence-corrected chi connectivity index (χ1v) is 25.4. The van der Waals surface area contributed by atoms with Gasteiger partial charge in [-0.2, -0.15) is 0 Å². The van der Waals surface area contributed by atoms with Crippen LogP contribution in [0.1, 0.15) is 233 Å². The van der Waals surface area contributed by atoms with Crippen molar-refractivity contribution in [1.29, 1.82) is 0 Å². The molecule has 2 unspecified atom stereocenters. The number of carbonyl (C=O) groups excluding carboxylic acids is 4. The van der Waals surface area contributed by atoms with Crippen LogP contribution in [-0.4, -0.2) is 86.3 Å². The molecule has 0 fully saturated rings. The Morgan fingerprint density at radius 2 is 0.867 bits per heavy atom. The van der Waals surface area contributed by atoms with Crippen LogP contribution in [0, 0.1) is 11.8 Å². The van der Waals surface area contributed by atoms with E-state index in [-0.39, 0.29) is 48.2 Å². The van der Waals surface area contributed by atoms with E-state index in [9.17, 15) is 24.3 Å². The molecule has 3 atom stereocenters. The summed E-state index contributed by atoms with van der Waals surface area (Å²) in [6.45, 7) is 11.0. The van der Waals surface area contributed by atoms with Gasteiger partial charge in [-0.25, -0.2) is 0 Å². The summed E-state index contributed by atoms with van der Waals surface area (Å²) >= 11 is 0. The van der Waals surface area contributed by atoms with Crippen LogP contribution in [0.15, 0.2) is 0 Å². The van der Waals surface area contributed by atoms with Gasteiger partial charge in [0.25, 0.3) is 0 Å². The van der Waals surface area contributed by atoms with Crippen molar-refractivity contribution < 1.29 is 33.8 Å². The SMILES string of the molecule is CCCCCCCCC(CCCCCC)C(=O)OCCCCCC(=O)NCC(CN(C)CCO)NC(=O)CCCCCOC(=O)[C@@H](CCCCCC)CCCCCCCC. The molecule has 0 saturated carbocycles. The van der Waals surface area contributed by atoms with Gasteiger partial charge in [0.1, 0.15) is 0 Å². The van der Waals surface area contributed by atoms with Gasteiger partial charge < -0.3 is 30.1 Å². The van der Waals surface area contributed by atoms with Crippen molar-refractivity contribution in [3.8, 4) is 0 Å². The van der Waals surface area contributed by atoms with Gasteiger partial charge in [0.05, 0.1) is 37.7 Å². The minimum absolute atomic E-state index is 0.000965. The molecule has 0 aromatic heterocycles. The van der Waals surface area contributed by atoms with E-state index in [2.05, 4.69) is 38.3 Å². The highest BCUT2D eigenvalue weighted by atomic mass is 16.5. The van der Waals surface area contributed by atoms with Crippen LogP contribution in [0.3, 0.4) is 0 Å². The predicted octanol–water partition coefficient (Wildman–Crippen LogP) is 11.4. The van der Waals surface area contributed by atoms with Crippen molar-refractivity contribution in [3.63, 3.8) is 0 Å². The monoisotopic (exact) mass is 852 g/mol. The molecule has 10 nitrogen and oxygen atoms in total. The van der Waals surface area contributed by atoms with Crippen LogP contribution in [0.4, 0.5) is 0 Å². The first-order valence-electron chi connectivity index (χ1n) is 25.4. The Bertz CT molecular complexity index is 1010. The van der Waals surface area contributed by atoms with Gasteiger partial charge in [-0.15, -0.1) is 0 Å². The van der Waals surface area contributed by atoms with E-state index in [0.29, 0.717) is 58.5 Å². The zero-order valence-electron chi connectivity index (χ0n) is 39.9. The van der Waals surface area contributed by atoms with Crippen molar-refractivity contribution >= 4 is 23.8 Å². The maximum absolute atomic E-state index is 13.0. The highest BCUT2D eigenvalue weighted by Crippen LogP contribution is 2.22. The fourth-order valence-corrected chi connectivity index (χ4v) is 7.87. The Balaban J connectivity index is 4.57. The number of hydrogen-bond acceptors (Lipinski definition) is 8. The number of amides is 2. The number of hydrogen-bond donors (Lipinski definition) is 3. The highest BCUT2D eigenvalue weighted by molar-refractivity contribution is 5.77. The first-order chi connectivity index (χ1) is 29.2. The van der Waals surface area contributed by atoms with E-state index < -0.39 is 0 Å². The molecule has 10 heteroatoms. The number of aliphatic hydroxyl groups is 1. The number of ether oxygens (including phenoxy) is 2. The van der Waals surface area contributed by atoms with Gasteiger partial charge in [-0.3, -0.25) is 19.2 Å². The summed E-state index contributed by atoms with van der Waals surface area (Å²) in [6, 6.07) is -0.287. The number of nitrogens with zero attached hydrogens (tertiary/aromatic N) is 1. The molecular formula is C50H97N3O7. The zero-order valence-corrected chi connectivity index (χ0v) is 39.9. The van der Waals surface area contributed by atoms with Crippen LogP contribution in [0.25, 0.3) is 0 Å². The molecule has 0 rings (SSSR count). The van der Waals surface area contributed by atoms with Crippen LogP contribution in [0.5, 0.6) is 0 Å². The molecule has 0 aliphatic rings. The van der Waals surface area contributed by atoms with Crippen molar-refractivity contribution in [3.05, 3.63) is 0 Å². The van der Waals surface area contributed by atoms with Gasteiger partial charge in [0.15, 0.2) is 0 Å². The third kappa shape index (κ3) is 36.5. The molecule has 0 aromatic rings. The molecule has 0 aromatic carbocycles. The lowest BCUT2D eigenvalue weighted by Crippen LogP contribution is -2.49. The number of unbranched alkanes of at least 4 members (excludes halogenated alkanes) is 20. The minimum Gasteiger partial charge on any atom is -0.465 e. The maximum atomic E-state index is 13.0. The van der Waals surface area contributed by atoms with E-state index in [1.54, 1.807) is 0 Å². The van der Waals surface area contributed by atoms with E-state index >= 15 is 0 Å². The number of carbonyl (C=O) groups is 4.